The van der Waals surface area contributed by atoms with Crippen molar-refractivity contribution in [1.82, 2.24) is 19.2 Å². The van der Waals surface area contributed by atoms with Crippen LogP contribution in [0.25, 0.3) is 16.7 Å². The Morgan fingerprint density at radius 1 is 1.04 bits per heavy atom. The smallest absolute Gasteiger partial charge is 0.262 e. The van der Waals surface area contributed by atoms with Crippen LogP contribution in [0.4, 0.5) is 0 Å². The minimum atomic E-state index is -0.0940. The van der Waals surface area contributed by atoms with Crippen molar-refractivity contribution in [2.45, 2.75) is 30.8 Å². The summed E-state index contributed by atoms with van der Waals surface area (Å²) in [6.07, 6.45) is 0.821. The Bertz CT molecular complexity index is 1180. The zero-order valence-corrected chi connectivity index (χ0v) is 16.9. The lowest BCUT2D eigenvalue weighted by Crippen LogP contribution is -2.23. The van der Waals surface area contributed by atoms with Gasteiger partial charge in [-0.2, -0.15) is 0 Å². The van der Waals surface area contributed by atoms with Gasteiger partial charge in [0.1, 0.15) is 0 Å². The van der Waals surface area contributed by atoms with Gasteiger partial charge in [0.15, 0.2) is 5.16 Å². The summed E-state index contributed by atoms with van der Waals surface area (Å²) in [7, 11) is 0. The zero-order chi connectivity index (χ0) is 19.0. The van der Waals surface area contributed by atoms with Crippen LogP contribution in [0.2, 0.25) is 10.0 Å². The molecular weight excluding hydrogens is 403 g/mol. The van der Waals surface area contributed by atoms with Gasteiger partial charge in [-0.25, -0.2) is 0 Å². The monoisotopic (exact) mass is 418 g/mol. The first-order valence-corrected chi connectivity index (χ1v) is 10.3. The van der Waals surface area contributed by atoms with Gasteiger partial charge in [0.25, 0.3) is 5.56 Å². The molecule has 8 heteroatoms. The minimum absolute atomic E-state index is 0.0940. The standard InChI is InChI=1S/C19H16Cl2N4OS/c1-2-9-24-17(26)15-10-14(21)7-8-16(15)25-18(24)22-23-19(25)27-11-12-3-5-13(20)6-4-12/h3-8,10H,2,9,11H2,1H3. The predicted octanol–water partition coefficient (Wildman–Crippen LogP) is 5.05. The molecule has 5 nitrogen and oxygen atoms in total. The summed E-state index contributed by atoms with van der Waals surface area (Å²) in [5.74, 6) is 1.27. The maximum Gasteiger partial charge on any atom is 0.262 e. The lowest BCUT2D eigenvalue weighted by Gasteiger charge is -2.10. The van der Waals surface area contributed by atoms with E-state index in [-0.39, 0.29) is 5.56 Å². The molecule has 0 aliphatic carbocycles. The second kappa shape index (κ2) is 7.54. The molecule has 0 atom stereocenters. The molecule has 0 saturated heterocycles. The van der Waals surface area contributed by atoms with Crippen LogP contribution in [0.15, 0.2) is 52.4 Å². The third-order valence-corrected chi connectivity index (χ3v) is 5.75. The number of hydrogen-bond acceptors (Lipinski definition) is 4. The molecule has 2 aromatic heterocycles. The van der Waals surface area contributed by atoms with E-state index in [1.807, 2.05) is 41.7 Å². The van der Waals surface area contributed by atoms with E-state index in [9.17, 15) is 4.79 Å². The molecule has 2 heterocycles. The number of nitrogens with zero attached hydrogens (tertiary/aromatic N) is 4. The molecule has 27 heavy (non-hydrogen) atoms. The van der Waals surface area contributed by atoms with Gasteiger partial charge in [0.2, 0.25) is 5.78 Å². The fourth-order valence-corrected chi connectivity index (χ4v) is 4.20. The predicted molar refractivity (Wildman–Crippen MR) is 111 cm³/mol. The van der Waals surface area contributed by atoms with Gasteiger partial charge in [-0.1, -0.05) is 54.0 Å². The summed E-state index contributed by atoms with van der Waals surface area (Å²) < 4.78 is 3.60. The molecular formula is C19H16Cl2N4OS. The fourth-order valence-electron chi connectivity index (χ4n) is 3.01. The highest BCUT2D eigenvalue weighted by Crippen LogP contribution is 2.26. The van der Waals surface area contributed by atoms with Crippen LogP contribution in [0.5, 0.6) is 0 Å². The molecule has 0 aliphatic heterocycles. The van der Waals surface area contributed by atoms with Crippen LogP contribution in [-0.4, -0.2) is 19.2 Å². The molecule has 138 valence electrons. The van der Waals surface area contributed by atoms with Crippen molar-refractivity contribution in [2.24, 2.45) is 0 Å². The number of aromatic nitrogens is 4. The lowest BCUT2D eigenvalue weighted by atomic mass is 10.2. The third kappa shape index (κ3) is 3.45. The largest absolute Gasteiger partial charge is 0.276 e. The maximum absolute atomic E-state index is 12.9. The molecule has 4 rings (SSSR count). The fraction of sp³-hybridized carbons (Fsp3) is 0.211. The van der Waals surface area contributed by atoms with Gasteiger partial charge < -0.3 is 0 Å². The van der Waals surface area contributed by atoms with Crippen LogP contribution in [0.1, 0.15) is 18.9 Å². The average Bonchev–Trinajstić information content (AvgIpc) is 3.08. The van der Waals surface area contributed by atoms with Crippen molar-refractivity contribution >= 4 is 51.6 Å². The summed E-state index contributed by atoms with van der Waals surface area (Å²) in [6, 6.07) is 13.1. The Morgan fingerprint density at radius 2 is 1.78 bits per heavy atom. The number of fused-ring (bicyclic) bond motifs is 3. The highest BCUT2D eigenvalue weighted by atomic mass is 35.5. The van der Waals surface area contributed by atoms with E-state index >= 15 is 0 Å². The molecule has 4 aromatic rings. The maximum atomic E-state index is 12.9. The number of rotatable bonds is 5. The first kappa shape index (κ1) is 18.3. The van der Waals surface area contributed by atoms with E-state index in [4.69, 9.17) is 23.2 Å². The number of benzene rings is 2. The molecule has 0 saturated carbocycles. The van der Waals surface area contributed by atoms with E-state index in [1.54, 1.807) is 28.5 Å². The van der Waals surface area contributed by atoms with Gasteiger partial charge in [-0.15, -0.1) is 10.2 Å². The molecule has 2 aromatic carbocycles. The second-order valence-corrected chi connectivity index (χ2v) is 7.97. The van der Waals surface area contributed by atoms with Crippen molar-refractivity contribution in [1.29, 1.82) is 0 Å². The average molecular weight is 419 g/mol. The summed E-state index contributed by atoms with van der Waals surface area (Å²) >= 11 is 13.7. The Balaban J connectivity index is 1.85. The molecule has 0 radical (unpaired) electrons. The molecule has 0 amide bonds. The van der Waals surface area contributed by atoms with Crippen LogP contribution in [0, 0.1) is 0 Å². The minimum Gasteiger partial charge on any atom is -0.276 e. The van der Waals surface area contributed by atoms with Crippen molar-refractivity contribution in [3.05, 3.63) is 68.4 Å². The first-order valence-electron chi connectivity index (χ1n) is 8.53. The molecule has 0 spiro atoms. The van der Waals surface area contributed by atoms with Crippen molar-refractivity contribution in [3.63, 3.8) is 0 Å². The first-order chi connectivity index (χ1) is 13.1. The van der Waals surface area contributed by atoms with Crippen molar-refractivity contribution in [3.8, 4) is 0 Å². The Kier molecular flexibility index (Phi) is 5.12. The Hall–Kier alpha value is -2.02. The number of aryl methyl sites for hydroxylation is 1. The van der Waals surface area contributed by atoms with Crippen LogP contribution < -0.4 is 5.56 Å². The quantitative estimate of drug-likeness (QED) is 0.425. The van der Waals surface area contributed by atoms with Crippen molar-refractivity contribution in [2.75, 3.05) is 0 Å². The second-order valence-electron chi connectivity index (χ2n) is 6.15. The number of thioether (sulfide) groups is 1. The van der Waals surface area contributed by atoms with E-state index < -0.39 is 0 Å². The van der Waals surface area contributed by atoms with E-state index in [2.05, 4.69) is 10.2 Å². The van der Waals surface area contributed by atoms with E-state index in [0.717, 1.165) is 28.4 Å². The van der Waals surface area contributed by atoms with E-state index in [1.165, 1.54) is 0 Å². The summed E-state index contributed by atoms with van der Waals surface area (Å²) in [5.41, 5.74) is 1.80. The van der Waals surface area contributed by atoms with Crippen LogP contribution >= 0.6 is 35.0 Å². The highest BCUT2D eigenvalue weighted by molar-refractivity contribution is 7.98. The number of halogens is 2. The Morgan fingerprint density at radius 3 is 2.52 bits per heavy atom. The van der Waals surface area contributed by atoms with Gasteiger partial charge >= 0.3 is 0 Å². The highest BCUT2D eigenvalue weighted by Gasteiger charge is 2.17. The van der Waals surface area contributed by atoms with Gasteiger partial charge in [0, 0.05) is 22.3 Å². The Labute approximate surface area is 169 Å². The van der Waals surface area contributed by atoms with Gasteiger partial charge in [0.05, 0.1) is 10.9 Å². The lowest BCUT2D eigenvalue weighted by molar-refractivity contribution is 0.662. The van der Waals surface area contributed by atoms with Gasteiger partial charge in [-0.3, -0.25) is 13.8 Å². The summed E-state index contributed by atoms with van der Waals surface area (Å²) in [4.78, 5) is 12.9. The van der Waals surface area contributed by atoms with E-state index in [0.29, 0.717) is 27.8 Å². The normalized spacial score (nSPS) is 11.5. The molecule has 0 fully saturated rings. The SMILES string of the molecule is CCCn1c(=O)c2cc(Cl)ccc2n2c(SCc3ccc(Cl)cc3)nnc12. The molecule has 0 N–H and O–H groups in total. The molecule has 0 unspecified atom stereocenters. The van der Waals surface area contributed by atoms with Crippen molar-refractivity contribution < 1.29 is 0 Å². The van der Waals surface area contributed by atoms with Gasteiger partial charge in [-0.05, 0) is 42.3 Å². The third-order valence-electron chi connectivity index (χ3n) is 4.26. The molecule has 0 bridgehead atoms. The number of hydrogen-bond donors (Lipinski definition) is 0. The summed E-state index contributed by atoms with van der Waals surface area (Å²) in [5, 5.41) is 11.2. The topological polar surface area (TPSA) is 52.2 Å². The van der Waals surface area contributed by atoms with Crippen LogP contribution in [0.3, 0.4) is 0 Å². The zero-order valence-electron chi connectivity index (χ0n) is 14.5. The van der Waals surface area contributed by atoms with Crippen LogP contribution in [-0.2, 0) is 12.3 Å². The summed E-state index contributed by atoms with van der Waals surface area (Å²) in [6.45, 7) is 2.60. The molecule has 0 aliphatic rings.